The molecule has 1 aromatic carbocycles. The Labute approximate surface area is 118 Å². The van der Waals surface area contributed by atoms with E-state index >= 15 is 0 Å². The van der Waals surface area contributed by atoms with E-state index < -0.39 is 17.8 Å². The molecular formula is C13H12F3N3O2. The van der Waals surface area contributed by atoms with Crippen molar-refractivity contribution in [1.29, 1.82) is 0 Å². The number of nitrogens with zero attached hydrogens (tertiary/aromatic N) is 2. The van der Waals surface area contributed by atoms with Gasteiger partial charge >= 0.3 is 12.1 Å². The van der Waals surface area contributed by atoms with Gasteiger partial charge in [0, 0.05) is 6.20 Å². The number of nitrogens with two attached hydrogens (primary N) is 1. The second-order valence-corrected chi connectivity index (χ2v) is 4.11. The highest BCUT2D eigenvalue weighted by molar-refractivity contribution is 5.95. The molecule has 2 rings (SSSR count). The molecule has 0 saturated carbocycles. The van der Waals surface area contributed by atoms with E-state index in [4.69, 9.17) is 10.5 Å². The molecule has 2 N–H and O–H groups in total. The summed E-state index contributed by atoms with van der Waals surface area (Å²) in [5, 5.41) is 3.42. The van der Waals surface area contributed by atoms with E-state index in [1.54, 1.807) is 6.92 Å². The number of rotatable bonds is 3. The number of halogens is 3. The minimum absolute atomic E-state index is 0.0497. The second kappa shape index (κ2) is 5.47. The van der Waals surface area contributed by atoms with Crippen molar-refractivity contribution < 1.29 is 22.7 Å². The van der Waals surface area contributed by atoms with Crippen LogP contribution < -0.4 is 5.73 Å². The van der Waals surface area contributed by atoms with Crippen LogP contribution in [-0.4, -0.2) is 22.4 Å². The molecule has 0 unspecified atom stereocenters. The van der Waals surface area contributed by atoms with Crippen LogP contribution in [0.2, 0.25) is 0 Å². The molecule has 0 fully saturated rings. The summed E-state index contributed by atoms with van der Waals surface area (Å²) in [6.45, 7) is 1.76. The van der Waals surface area contributed by atoms with Crippen molar-refractivity contribution in [2.75, 3.05) is 12.3 Å². The number of carbonyl (C=O) groups excluding carboxylic acids is 1. The third-order valence-electron chi connectivity index (χ3n) is 2.67. The van der Waals surface area contributed by atoms with Gasteiger partial charge in [0.25, 0.3) is 0 Å². The van der Waals surface area contributed by atoms with Gasteiger partial charge in [-0.15, -0.1) is 0 Å². The molecule has 0 spiro atoms. The number of anilines is 1. The molecule has 0 aliphatic heterocycles. The lowest BCUT2D eigenvalue weighted by Crippen LogP contribution is -2.13. The van der Waals surface area contributed by atoms with Crippen molar-refractivity contribution in [2.24, 2.45) is 0 Å². The number of nitrogen functional groups attached to an aromatic ring is 1. The minimum atomic E-state index is -4.57. The van der Waals surface area contributed by atoms with Gasteiger partial charge in [-0.3, -0.25) is 0 Å². The number of benzene rings is 1. The van der Waals surface area contributed by atoms with E-state index in [1.165, 1.54) is 18.2 Å². The maximum Gasteiger partial charge on any atom is 0.435 e. The highest BCUT2D eigenvalue weighted by Crippen LogP contribution is 2.29. The number of esters is 1. The fourth-order valence-electron chi connectivity index (χ4n) is 1.79. The topological polar surface area (TPSA) is 70.1 Å². The summed E-state index contributed by atoms with van der Waals surface area (Å²) in [6, 6.07) is 5.20. The van der Waals surface area contributed by atoms with Crippen LogP contribution in [0.3, 0.4) is 0 Å². The predicted octanol–water partition coefficient (Wildman–Crippen LogP) is 2.65. The maximum absolute atomic E-state index is 12.6. The van der Waals surface area contributed by atoms with E-state index in [9.17, 15) is 18.0 Å². The first-order chi connectivity index (χ1) is 9.84. The largest absolute Gasteiger partial charge is 0.462 e. The van der Waals surface area contributed by atoms with Crippen LogP contribution in [0, 0.1) is 0 Å². The average molecular weight is 299 g/mol. The van der Waals surface area contributed by atoms with Gasteiger partial charge in [0.1, 0.15) is 5.69 Å². The van der Waals surface area contributed by atoms with Gasteiger partial charge in [-0.2, -0.15) is 18.3 Å². The van der Waals surface area contributed by atoms with Crippen molar-refractivity contribution in [3.05, 3.63) is 41.7 Å². The summed E-state index contributed by atoms with van der Waals surface area (Å²) < 4.78 is 43.6. The molecule has 0 radical (unpaired) electrons. The highest BCUT2D eigenvalue weighted by atomic mass is 19.4. The summed E-state index contributed by atoms with van der Waals surface area (Å²) in [7, 11) is 0. The normalized spacial score (nSPS) is 11.4. The number of aromatic nitrogens is 2. The van der Waals surface area contributed by atoms with Crippen LogP contribution in [0.15, 0.2) is 30.5 Å². The SMILES string of the molecule is CCOC(=O)c1cccc(N)c1-n1ccc(C(F)(F)F)n1. The average Bonchev–Trinajstić information content (AvgIpc) is 2.87. The van der Waals surface area contributed by atoms with Crippen molar-refractivity contribution in [1.82, 2.24) is 9.78 Å². The lowest BCUT2D eigenvalue weighted by molar-refractivity contribution is -0.141. The van der Waals surface area contributed by atoms with Crippen LogP contribution >= 0.6 is 0 Å². The minimum Gasteiger partial charge on any atom is -0.462 e. The Kier molecular flexibility index (Phi) is 3.88. The Morgan fingerprint density at radius 2 is 2.10 bits per heavy atom. The summed E-state index contributed by atoms with van der Waals surface area (Å²) in [6.07, 6.45) is -3.48. The van der Waals surface area contributed by atoms with Crippen LogP contribution in [0.4, 0.5) is 18.9 Å². The van der Waals surface area contributed by atoms with E-state index in [1.807, 2.05) is 0 Å². The molecular weight excluding hydrogens is 287 g/mol. The molecule has 21 heavy (non-hydrogen) atoms. The summed E-state index contributed by atoms with van der Waals surface area (Å²) in [5.74, 6) is -0.677. The molecule has 2 aromatic rings. The van der Waals surface area contributed by atoms with Crippen LogP contribution in [0.1, 0.15) is 23.0 Å². The standard InChI is InChI=1S/C13H12F3N3O2/c1-2-21-12(20)8-4-3-5-9(17)11(8)19-7-6-10(18-19)13(14,15)16/h3-7H,2,17H2,1H3. The Morgan fingerprint density at radius 3 is 2.67 bits per heavy atom. The predicted molar refractivity (Wildman–Crippen MR) is 68.9 cm³/mol. The van der Waals surface area contributed by atoms with Crippen LogP contribution in [-0.2, 0) is 10.9 Å². The quantitative estimate of drug-likeness (QED) is 0.698. The van der Waals surface area contributed by atoms with E-state index in [0.29, 0.717) is 0 Å². The van der Waals surface area contributed by atoms with E-state index in [0.717, 1.165) is 16.9 Å². The number of hydrogen-bond acceptors (Lipinski definition) is 4. The van der Waals surface area contributed by atoms with E-state index in [-0.39, 0.29) is 23.5 Å². The van der Waals surface area contributed by atoms with Gasteiger partial charge in [-0.25, -0.2) is 9.48 Å². The van der Waals surface area contributed by atoms with Crippen molar-refractivity contribution in [3.8, 4) is 5.69 Å². The molecule has 1 aromatic heterocycles. The van der Waals surface area contributed by atoms with Gasteiger partial charge in [0.15, 0.2) is 5.69 Å². The first-order valence-electron chi connectivity index (χ1n) is 6.03. The maximum atomic E-state index is 12.6. The Balaban J connectivity index is 2.53. The Bertz CT molecular complexity index is 665. The fourth-order valence-corrected chi connectivity index (χ4v) is 1.79. The van der Waals surface area contributed by atoms with Gasteiger partial charge in [-0.1, -0.05) is 6.07 Å². The Morgan fingerprint density at radius 1 is 1.38 bits per heavy atom. The van der Waals surface area contributed by atoms with Gasteiger partial charge in [0.2, 0.25) is 0 Å². The summed E-state index contributed by atoms with van der Waals surface area (Å²) in [5.41, 5.74) is 4.92. The second-order valence-electron chi connectivity index (χ2n) is 4.11. The number of hydrogen-bond donors (Lipinski definition) is 1. The van der Waals surface area contributed by atoms with Crippen molar-refractivity contribution in [3.63, 3.8) is 0 Å². The molecule has 0 bridgehead atoms. The zero-order valence-corrected chi connectivity index (χ0v) is 11.0. The van der Waals surface area contributed by atoms with Gasteiger partial charge in [0.05, 0.1) is 17.9 Å². The molecule has 5 nitrogen and oxygen atoms in total. The monoisotopic (exact) mass is 299 g/mol. The molecule has 0 atom stereocenters. The van der Waals surface area contributed by atoms with Crippen molar-refractivity contribution >= 4 is 11.7 Å². The molecule has 0 aliphatic carbocycles. The Hall–Kier alpha value is -2.51. The molecule has 112 valence electrons. The molecule has 8 heteroatoms. The first kappa shape index (κ1) is 14.9. The third kappa shape index (κ3) is 2.99. The lowest BCUT2D eigenvalue weighted by Gasteiger charge is -2.11. The first-order valence-corrected chi connectivity index (χ1v) is 6.03. The zero-order chi connectivity index (χ0) is 15.6. The highest BCUT2D eigenvalue weighted by Gasteiger charge is 2.34. The fraction of sp³-hybridized carbons (Fsp3) is 0.231. The summed E-state index contributed by atoms with van der Waals surface area (Å²) >= 11 is 0. The van der Waals surface area contributed by atoms with Crippen LogP contribution in [0.5, 0.6) is 0 Å². The molecule has 0 amide bonds. The third-order valence-corrected chi connectivity index (χ3v) is 2.67. The van der Waals surface area contributed by atoms with Gasteiger partial charge in [-0.05, 0) is 25.1 Å². The summed E-state index contributed by atoms with van der Waals surface area (Å²) in [4.78, 5) is 11.9. The van der Waals surface area contributed by atoms with E-state index in [2.05, 4.69) is 5.10 Å². The molecule has 1 heterocycles. The molecule has 0 aliphatic rings. The zero-order valence-electron chi connectivity index (χ0n) is 11.0. The number of carbonyl (C=O) groups is 1. The lowest BCUT2D eigenvalue weighted by atomic mass is 10.1. The number of para-hydroxylation sites is 1. The van der Waals surface area contributed by atoms with Crippen LogP contribution in [0.25, 0.3) is 5.69 Å². The molecule has 0 saturated heterocycles. The van der Waals surface area contributed by atoms with Crippen molar-refractivity contribution in [2.45, 2.75) is 13.1 Å². The number of ether oxygens (including phenoxy) is 1. The smallest absolute Gasteiger partial charge is 0.435 e. The van der Waals surface area contributed by atoms with Gasteiger partial charge < -0.3 is 10.5 Å². The number of alkyl halides is 3.